The van der Waals surface area contributed by atoms with Gasteiger partial charge < -0.3 is 16.0 Å². The summed E-state index contributed by atoms with van der Waals surface area (Å²) in [7, 11) is 0. The number of amides is 2. The van der Waals surface area contributed by atoms with Gasteiger partial charge in [-0.1, -0.05) is 49.6 Å². The van der Waals surface area contributed by atoms with E-state index in [1.54, 1.807) is 24.3 Å². The molecule has 4 rings (SSSR count). The van der Waals surface area contributed by atoms with Gasteiger partial charge in [0.2, 0.25) is 5.91 Å². The molecular formula is C25H27N3O2. The molecule has 1 aliphatic carbocycles. The maximum absolute atomic E-state index is 12.4. The molecule has 30 heavy (non-hydrogen) atoms. The second-order valence-corrected chi connectivity index (χ2v) is 7.85. The highest BCUT2D eigenvalue weighted by molar-refractivity contribution is 5.97. The average Bonchev–Trinajstić information content (AvgIpc) is 2.79. The average molecular weight is 402 g/mol. The minimum Gasteiger partial charge on any atom is -0.376 e. The van der Waals surface area contributed by atoms with Gasteiger partial charge in [-0.15, -0.1) is 0 Å². The molecule has 0 unspecified atom stereocenters. The van der Waals surface area contributed by atoms with Crippen LogP contribution in [0.15, 0.2) is 66.7 Å². The zero-order valence-corrected chi connectivity index (χ0v) is 17.0. The Bertz CT molecular complexity index is 1020. The van der Waals surface area contributed by atoms with Crippen LogP contribution in [0, 0.1) is 0 Å². The van der Waals surface area contributed by atoms with Crippen LogP contribution in [0.2, 0.25) is 0 Å². The predicted molar refractivity (Wildman–Crippen MR) is 122 cm³/mol. The summed E-state index contributed by atoms with van der Waals surface area (Å²) in [6.45, 7) is 0.169. The Kier molecular flexibility index (Phi) is 6.28. The minimum absolute atomic E-state index is 0.0438. The SMILES string of the molecule is O=C(CNc1ccc2ccccc2c1)Nc1ccc(C(=O)NC2CCCCC2)cc1. The van der Waals surface area contributed by atoms with Crippen molar-refractivity contribution < 1.29 is 9.59 Å². The normalized spacial score (nSPS) is 14.3. The molecule has 5 heteroatoms. The fourth-order valence-electron chi connectivity index (χ4n) is 3.91. The van der Waals surface area contributed by atoms with Crippen molar-refractivity contribution in [2.45, 2.75) is 38.1 Å². The Labute approximate surface area is 176 Å². The molecule has 0 bridgehead atoms. The van der Waals surface area contributed by atoms with Crippen molar-refractivity contribution in [3.05, 3.63) is 72.3 Å². The van der Waals surface area contributed by atoms with Crippen molar-refractivity contribution in [1.82, 2.24) is 5.32 Å². The largest absolute Gasteiger partial charge is 0.376 e. The Balaban J connectivity index is 1.28. The van der Waals surface area contributed by atoms with E-state index in [1.165, 1.54) is 24.6 Å². The second kappa shape index (κ2) is 9.44. The quantitative estimate of drug-likeness (QED) is 0.547. The first-order chi connectivity index (χ1) is 14.7. The Hall–Kier alpha value is -3.34. The van der Waals surface area contributed by atoms with E-state index >= 15 is 0 Å². The highest BCUT2D eigenvalue weighted by atomic mass is 16.2. The standard InChI is InChI=1S/C25H27N3O2/c29-24(17-26-23-15-10-18-6-4-5-7-20(18)16-23)27-22-13-11-19(12-14-22)25(30)28-21-8-2-1-3-9-21/h4-7,10-16,21,26H,1-3,8-9,17H2,(H,27,29)(H,28,30). The van der Waals surface area contributed by atoms with Gasteiger partial charge in [-0.25, -0.2) is 0 Å². The lowest BCUT2D eigenvalue weighted by molar-refractivity contribution is -0.114. The molecule has 0 atom stereocenters. The lowest BCUT2D eigenvalue weighted by atomic mass is 9.95. The number of hydrogen-bond acceptors (Lipinski definition) is 3. The molecule has 0 spiro atoms. The number of fused-ring (bicyclic) bond motifs is 1. The van der Waals surface area contributed by atoms with Gasteiger partial charge in [0.15, 0.2) is 0 Å². The Morgan fingerprint density at radius 1 is 0.800 bits per heavy atom. The third-order valence-electron chi connectivity index (χ3n) is 5.57. The van der Waals surface area contributed by atoms with Crippen molar-refractivity contribution >= 4 is 34.0 Å². The topological polar surface area (TPSA) is 70.2 Å². The Morgan fingerprint density at radius 2 is 1.50 bits per heavy atom. The molecule has 0 aromatic heterocycles. The molecule has 2 amide bonds. The molecule has 3 aromatic carbocycles. The van der Waals surface area contributed by atoms with Crippen molar-refractivity contribution in [2.24, 2.45) is 0 Å². The van der Waals surface area contributed by atoms with E-state index in [0.29, 0.717) is 11.3 Å². The fourth-order valence-corrected chi connectivity index (χ4v) is 3.91. The first-order valence-electron chi connectivity index (χ1n) is 10.6. The van der Waals surface area contributed by atoms with Crippen LogP contribution in [0.5, 0.6) is 0 Å². The molecule has 3 aromatic rings. The maximum Gasteiger partial charge on any atom is 0.251 e. The van der Waals surface area contributed by atoms with Gasteiger partial charge in [0.25, 0.3) is 5.91 Å². The smallest absolute Gasteiger partial charge is 0.251 e. The van der Waals surface area contributed by atoms with E-state index in [9.17, 15) is 9.59 Å². The van der Waals surface area contributed by atoms with E-state index < -0.39 is 0 Å². The molecule has 1 saturated carbocycles. The number of nitrogens with one attached hydrogen (secondary N) is 3. The highest BCUT2D eigenvalue weighted by Crippen LogP contribution is 2.19. The number of anilines is 2. The van der Waals surface area contributed by atoms with E-state index in [0.717, 1.165) is 23.9 Å². The number of carbonyl (C=O) groups is 2. The minimum atomic E-state index is -0.137. The van der Waals surface area contributed by atoms with Crippen LogP contribution in [-0.2, 0) is 4.79 Å². The second-order valence-electron chi connectivity index (χ2n) is 7.85. The monoisotopic (exact) mass is 401 g/mol. The summed E-state index contributed by atoms with van der Waals surface area (Å²) in [6.07, 6.45) is 5.75. The summed E-state index contributed by atoms with van der Waals surface area (Å²) in [6, 6.07) is 21.5. The molecule has 0 heterocycles. The molecule has 1 aliphatic rings. The van der Waals surface area contributed by atoms with Gasteiger partial charge in [0, 0.05) is 23.0 Å². The van der Waals surface area contributed by atoms with Crippen LogP contribution >= 0.6 is 0 Å². The van der Waals surface area contributed by atoms with Gasteiger partial charge in [0.1, 0.15) is 0 Å². The van der Waals surface area contributed by atoms with Crippen LogP contribution in [-0.4, -0.2) is 24.4 Å². The third-order valence-corrected chi connectivity index (χ3v) is 5.57. The van der Waals surface area contributed by atoms with Gasteiger partial charge in [-0.3, -0.25) is 9.59 Å². The number of carbonyl (C=O) groups excluding carboxylic acids is 2. The number of rotatable bonds is 6. The lowest BCUT2D eigenvalue weighted by Gasteiger charge is -2.22. The van der Waals surface area contributed by atoms with Gasteiger partial charge in [-0.2, -0.15) is 0 Å². The summed E-state index contributed by atoms with van der Waals surface area (Å²) in [5.41, 5.74) is 2.20. The van der Waals surface area contributed by atoms with Gasteiger partial charge in [0.05, 0.1) is 6.54 Å². The summed E-state index contributed by atoms with van der Waals surface area (Å²) >= 11 is 0. The summed E-state index contributed by atoms with van der Waals surface area (Å²) in [4.78, 5) is 24.7. The van der Waals surface area contributed by atoms with Crippen molar-refractivity contribution in [3.63, 3.8) is 0 Å². The molecule has 1 fully saturated rings. The van der Waals surface area contributed by atoms with Crippen molar-refractivity contribution in [2.75, 3.05) is 17.2 Å². The maximum atomic E-state index is 12.4. The fraction of sp³-hybridized carbons (Fsp3) is 0.280. The summed E-state index contributed by atoms with van der Waals surface area (Å²) in [5.74, 6) is -0.180. The zero-order valence-electron chi connectivity index (χ0n) is 17.0. The molecule has 0 aliphatic heterocycles. The Morgan fingerprint density at radius 3 is 2.27 bits per heavy atom. The lowest BCUT2D eigenvalue weighted by Crippen LogP contribution is -2.36. The van der Waals surface area contributed by atoms with Crippen molar-refractivity contribution in [1.29, 1.82) is 0 Å². The van der Waals surface area contributed by atoms with Gasteiger partial charge >= 0.3 is 0 Å². The van der Waals surface area contributed by atoms with Crippen LogP contribution < -0.4 is 16.0 Å². The van der Waals surface area contributed by atoms with Crippen LogP contribution in [0.1, 0.15) is 42.5 Å². The first kappa shape index (κ1) is 20.0. The molecule has 0 saturated heterocycles. The predicted octanol–water partition coefficient (Wildman–Crippen LogP) is 4.95. The van der Waals surface area contributed by atoms with E-state index in [4.69, 9.17) is 0 Å². The molecule has 3 N–H and O–H groups in total. The molecular weight excluding hydrogens is 374 g/mol. The molecule has 0 radical (unpaired) electrons. The van der Waals surface area contributed by atoms with Crippen LogP contribution in [0.4, 0.5) is 11.4 Å². The van der Waals surface area contributed by atoms with E-state index in [2.05, 4.69) is 22.0 Å². The molecule has 5 nitrogen and oxygen atoms in total. The van der Waals surface area contributed by atoms with E-state index in [1.807, 2.05) is 36.4 Å². The summed E-state index contributed by atoms with van der Waals surface area (Å²) < 4.78 is 0. The zero-order chi connectivity index (χ0) is 20.8. The third kappa shape index (κ3) is 5.17. The van der Waals surface area contributed by atoms with Crippen molar-refractivity contribution in [3.8, 4) is 0 Å². The highest BCUT2D eigenvalue weighted by Gasteiger charge is 2.16. The summed E-state index contributed by atoms with van der Waals surface area (Å²) in [5, 5.41) is 11.4. The number of hydrogen-bond donors (Lipinski definition) is 3. The van der Waals surface area contributed by atoms with Crippen LogP contribution in [0.3, 0.4) is 0 Å². The van der Waals surface area contributed by atoms with Crippen LogP contribution in [0.25, 0.3) is 10.8 Å². The first-order valence-corrected chi connectivity index (χ1v) is 10.6. The number of benzene rings is 3. The van der Waals surface area contributed by atoms with E-state index in [-0.39, 0.29) is 24.4 Å². The molecule has 154 valence electrons. The van der Waals surface area contributed by atoms with Gasteiger partial charge in [-0.05, 0) is 60.0 Å².